The van der Waals surface area contributed by atoms with Gasteiger partial charge in [-0.3, -0.25) is 0 Å². The number of hydrogen-bond donors (Lipinski definition) is 1. The Morgan fingerprint density at radius 2 is 2.00 bits per heavy atom. The van der Waals surface area contributed by atoms with Gasteiger partial charge in [0, 0.05) is 0 Å². The molecule has 0 atom stereocenters. The van der Waals surface area contributed by atoms with Crippen molar-refractivity contribution in [2.75, 3.05) is 7.05 Å². The van der Waals surface area contributed by atoms with E-state index in [-0.39, 0.29) is 0 Å². The van der Waals surface area contributed by atoms with Gasteiger partial charge in [0.15, 0.2) is 0 Å². The number of amidine groups is 1. The van der Waals surface area contributed by atoms with Crippen molar-refractivity contribution in [3.63, 3.8) is 0 Å². The van der Waals surface area contributed by atoms with Crippen molar-refractivity contribution in [1.82, 2.24) is 4.90 Å². The Kier molecular flexibility index (Phi) is 3.32. The predicted molar refractivity (Wildman–Crippen MR) is 51.4 cm³/mol. The Morgan fingerprint density at radius 3 is 2.50 bits per heavy atom. The topological polar surface area (TPSA) is 27.1 Å². The first-order chi connectivity index (χ1) is 5.70. The average Bonchev–Trinajstić information content (AvgIpc) is 2.06. The molecule has 1 aromatic rings. The van der Waals surface area contributed by atoms with E-state index in [0.717, 1.165) is 6.54 Å². The van der Waals surface area contributed by atoms with E-state index in [9.17, 15) is 0 Å². The second kappa shape index (κ2) is 4.29. The Labute approximate surface area is 80.9 Å². The van der Waals surface area contributed by atoms with E-state index < -0.39 is 0 Å². The summed E-state index contributed by atoms with van der Waals surface area (Å²) in [4.78, 5) is 1.86. The molecule has 63 valence electrons. The van der Waals surface area contributed by atoms with Crippen LogP contribution in [0.15, 0.2) is 30.3 Å². The van der Waals surface area contributed by atoms with E-state index in [1.165, 1.54) is 5.56 Å². The minimum absolute atomic E-state index is 0.471. The second-order valence-electron chi connectivity index (χ2n) is 2.65. The average molecular weight is 226 g/mol. The van der Waals surface area contributed by atoms with Gasteiger partial charge in [0.1, 0.15) is 0 Å². The van der Waals surface area contributed by atoms with Gasteiger partial charge in [-0.15, -0.1) is 0 Å². The molecule has 12 heavy (non-hydrogen) atoms. The van der Waals surface area contributed by atoms with Crippen molar-refractivity contribution in [1.29, 1.82) is 5.41 Å². The molecule has 0 saturated carbocycles. The van der Waals surface area contributed by atoms with Crippen LogP contribution in [0.5, 0.6) is 0 Å². The summed E-state index contributed by atoms with van der Waals surface area (Å²) in [7, 11) is 1.89. The molecule has 0 fully saturated rings. The molecule has 0 aliphatic carbocycles. The number of benzene rings is 1. The molecule has 0 aromatic heterocycles. The Morgan fingerprint density at radius 1 is 1.42 bits per heavy atom. The summed E-state index contributed by atoms with van der Waals surface area (Å²) in [6.45, 7) is 0.784. The molecule has 1 N–H and O–H groups in total. The third-order valence-electron chi connectivity index (χ3n) is 1.61. The van der Waals surface area contributed by atoms with Gasteiger partial charge >= 0.3 is 80.5 Å². The third kappa shape index (κ3) is 2.68. The quantitative estimate of drug-likeness (QED) is 0.458. The molecule has 1 rings (SSSR count). The van der Waals surface area contributed by atoms with E-state index in [4.69, 9.17) is 5.41 Å². The molecule has 0 saturated heterocycles. The van der Waals surface area contributed by atoms with Crippen LogP contribution in [0.3, 0.4) is 0 Å². The Balaban J connectivity index is 2.58. The minimum atomic E-state index is 0.471. The molecular formula is C9H11N2Se. The first kappa shape index (κ1) is 9.30. The van der Waals surface area contributed by atoms with Crippen molar-refractivity contribution < 1.29 is 0 Å². The second-order valence-corrected chi connectivity index (χ2v) is 3.46. The molecule has 1 radical (unpaired) electrons. The van der Waals surface area contributed by atoms with Gasteiger partial charge in [0.2, 0.25) is 0 Å². The van der Waals surface area contributed by atoms with Crippen LogP contribution < -0.4 is 0 Å². The van der Waals surface area contributed by atoms with Crippen LogP contribution in [0.2, 0.25) is 0 Å². The van der Waals surface area contributed by atoms with Crippen LogP contribution in [0.25, 0.3) is 0 Å². The van der Waals surface area contributed by atoms with Crippen LogP contribution in [0.4, 0.5) is 0 Å². The molecule has 3 heteroatoms. The molecule has 0 spiro atoms. The van der Waals surface area contributed by atoms with E-state index in [1.54, 1.807) is 0 Å². The fourth-order valence-corrected chi connectivity index (χ4v) is 1.06. The first-order valence-corrected chi connectivity index (χ1v) is 4.56. The molecule has 0 heterocycles. The SMILES string of the molecule is CN(Cc1ccccc1)C(=N)[Se]. The number of nitrogens with one attached hydrogen (secondary N) is 1. The molecule has 0 unspecified atom stereocenters. The molecule has 0 aliphatic heterocycles. The fraction of sp³-hybridized carbons (Fsp3) is 0.222. The van der Waals surface area contributed by atoms with Crippen molar-refractivity contribution in [3.8, 4) is 0 Å². The summed E-state index contributed by atoms with van der Waals surface area (Å²) in [5, 5.41) is 7.32. The van der Waals surface area contributed by atoms with Crippen molar-refractivity contribution in [2.24, 2.45) is 0 Å². The predicted octanol–water partition coefficient (Wildman–Crippen LogP) is 1.22. The maximum absolute atomic E-state index is 7.32. The zero-order valence-corrected chi connectivity index (χ0v) is 8.66. The van der Waals surface area contributed by atoms with Gasteiger partial charge in [-0.2, -0.15) is 0 Å². The van der Waals surface area contributed by atoms with Crippen LogP contribution in [-0.4, -0.2) is 32.7 Å². The summed E-state index contributed by atoms with van der Waals surface area (Å²) in [5.74, 6) is 0. The summed E-state index contributed by atoms with van der Waals surface area (Å²) in [6, 6.07) is 10.1. The fourth-order valence-electron chi connectivity index (χ4n) is 0.929. The Hall–Kier alpha value is -0.791. The van der Waals surface area contributed by atoms with Crippen molar-refractivity contribution >= 4 is 20.7 Å². The summed E-state index contributed by atoms with van der Waals surface area (Å²) >= 11 is 2.67. The first-order valence-electron chi connectivity index (χ1n) is 3.71. The third-order valence-corrected chi connectivity index (χ3v) is 2.26. The Bertz CT molecular complexity index is 258. The standard InChI is InChI=1S/C9H11N2Se/c1-11(9(10)12)7-8-5-3-2-4-6-8/h2-6,10H,7H2,1H3. The van der Waals surface area contributed by atoms with Crippen LogP contribution in [0, 0.1) is 5.41 Å². The summed E-state index contributed by atoms with van der Waals surface area (Å²) in [6.07, 6.45) is 0. The maximum atomic E-state index is 7.32. The zero-order valence-electron chi connectivity index (χ0n) is 6.95. The molecule has 1 aromatic carbocycles. The van der Waals surface area contributed by atoms with Gasteiger partial charge in [-0.25, -0.2) is 0 Å². The van der Waals surface area contributed by atoms with Crippen molar-refractivity contribution in [3.05, 3.63) is 35.9 Å². The van der Waals surface area contributed by atoms with Gasteiger partial charge in [-0.1, -0.05) is 0 Å². The molecule has 0 aliphatic rings. The van der Waals surface area contributed by atoms with Crippen LogP contribution in [0.1, 0.15) is 5.56 Å². The number of nitrogens with zero attached hydrogens (tertiary/aromatic N) is 1. The molecular weight excluding hydrogens is 215 g/mol. The van der Waals surface area contributed by atoms with Gasteiger partial charge < -0.3 is 0 Å². The summed E-state index contributed by atoms with van der Waals surface area (Å²) in [5.41, 5.74) is 1.22. The zero-order chi connectivity index (χ0) is 8.97. The summed E-state index contributed by atoms with van der Waals surface area (Å²) < 4.78 is 0.471. The number of rotatable bonds is 2. The van der Waals surface area contributed by atoms with Gasteiger partial charge in [-0.05, 0) is 0 Å². The molecule has 0 bridgehead atoms. The van der Waals surface area contributed by atoms with Crippen LogP contribution in [-0.2, 0) is 6.54 Å². The molecule has 2 nitrogen and oxygen atoms in total. The number of hydrogen-bond acceptors (Lipinski definition) is 1. The van der Waals surface area contributed by atoms with Crippen molar-refractivity contribution in [2.45, 2.75) is 6.54 Å². The van der Waals surface area contributed by atoms with E-state index in [2.05, 4.69) is 28.1 Å². The normalized spacial score (nSPS) is 9.42. The monoisotopic (exact) mass is 227 g/mol. The van der Waals surface area contributed by atoms with E-state index in [0.29, 0.717) is 4.73 Å². The molecule has 0 amide bonds. The van der Waals surface area contributed by atoms with E-state index in [1.807, 2.05) is 30.1 Å². The van der Waals surface area contributed by atoms with E-state index >= 15 is 0 Å². The van der Waals surface area contributed by atoms with Crippen LogP contribution >= 0.6 is 0 Å². The van der Waals surface area contributed by atoms with Gasteiger partial charge in [0.25, 0.3) is 0 Å². The van der Waals surface area contributed by atoms with Gasteiger partial charge in [0.05, 0.1) is 0 Å².